The van der Waals surface area contributed by atoms with E-state index in [2.05, 4.69) is 15.0 Å². The summed E-state index contributed by atoms with van der Waals surface area (Å²) in [5.74, 6) is 0.221. The Balaban J connectivity index is 1.57. The van der Waals surface area contributed by atoms with Gasteiger partial charge in [-0.15, -0.1) is 0 Å². The van der Waals surface area contributed by atoms with Gasteiger partial charge < -0.3 is 19.3 Å². The second kappa shape index (κ2) is 8.52. The van der Waals surface area contributed by atoms with Gasteiger partial charge in [0.25, 0.3) is 0 Å². The number of esters is 1. The quantitative estimate of drug-likeness (QED) is 0.330. The number of carbonyl (C=O) groups excluding carboxylic acids is 1. The first-order valence-electron chi connectivity index (χ1n) is 12.2. The highest BCUT2D eigenvalue weighted by Crippen LogP contribution is 2.36. The van der Waals surface area contributed by atoms with E-state index in [1.165, 1.54) is 7.11 Å². The van der Waals surface area contributed by atoms with Gasteiger partial charge in [-0.1, -0.05) is 18.2 Å². The fourth-order valence-electron chi connectivity index (χ4n) is 5.02. The van der Waals surface area contributed by atoms with Crippen LogP contribution in [0.3, 0.4) is 0 Å². The molecule has 0 unspecified atom stereocenters. The van der Waals surface area contributed by atoms with Crippen molar-refractivity contribution in [3.63, 3.8) is 0 Å². The van der Waals surface area contributed by atoms with Crippen LogP contribution < -0.4 is 5.69 Å². The van der Waals surface area contributed by atoms with Crippen LogP contribution in [0, 0.1) is 0 Å². The van der Waals surface area contributed by atoms with Crippen molar-refractivity contribution < 1.29 is 9.53 Å². The summed E-state index contributed by atoms with van der Waals surface area (Å²) in [5.41, 5.74) is 7.00. The third-order valence-corrected chi connectivity index (χ3v) is 6.87. The molecule has 7 aromatic rings. The molecule has 0 aliphatic rings. The van der Waals surface area contributed by atoms with E-state index in [0.717, 1.165) is 39.1 Å². The van der Waals surface area contributed by atoms with E-state index in [1.807, 2.05) is 70.8 Å². The van der Waals surface area contributed by atoms with Crippen molar-refractivity contribution in [2.75, 3.05) is 7.11 Å². The molecule has 0 amide bonds. The predicted molar refractivity (Wildman–Crippen MR) is 148 cm³/mol. The normalized spacial score (nSPS) is 11.5. The maximum Gasteiger partial charge on any atom is 0.337 e. The number of aromatic amines is 2. The summed E-state index contributed by atoms with van der Waals surface area (Å²) in [4.78, 5) is 44.1. The minimum absolute atomic E-state index is 0.276. The number of hydrogen-bond donors (Lipinski definition) is 2. The van der Waals surface area contributed by atoms with Gasteiger partial charge in [-0.2, -0.15) is 0 Å². The van der Waals surface area contributed by atoms with E-state index in [1.54, 1.807) is 24.7 Å². The summed E-state index contributed by atoms with van der Waals surface area (Å²) in [6, 6.07) is 20.9. The SMILES string of the molecule is COC(=O)c1ccc2c(c1)nc(-c1cc(-c3cncn3C)nc3ccccc13)n2-c1ccc2[nH]c(=O)[nH]c2c1. The number of para-hydroxylation sites is 1. The standard InChI is InChI=1S/C29H21N7O3/c1-35-15-30-14-26(35)24-13-19(18-5-3-4-6-20(18)31-24)27-32-23-11-16(28(37)39-2)7-10-25(23)36(27)17-8-9-21-22(12-17)34-29(38)33-21/h3-15H,1-2H3,(H2,33,34,38). The first-order chi connectivity index (χ1) is 19.0. The minimum atomic E-state index is -0.438. The Morgan fingerprint density at radius 1 is 0.923 bits per heavy atom. The smallest absolute Gasteiger partial charge is 0.337 e. The fourth-order valence-corrected chi connectivity index (χ4v) is 5.02. The van der Waals surface area contributed by atoms with Gasteiger partial charge in [0.05, 0.1) is 64.2 Å². The van der Waals surface area contributed by atoms with E-state index >= 15 is 0 Å². The molecule has 0 radical (unpaired) electrons. The van der Waals surface area contributed by atoms with E-state index < -0.39 is 5.97 Å². The molecule has 0 saturated heterocycles. The molecule has 10 heteroatoms. The lowest BCUT2D eigenvalue weighted by Crippen LogP contribution is -2.01. The van der Waals surface area contributed by atoms with E-state index in [9.17, 15) is 9.59 Å². The number of methoxy groups -OCH3 is 1. The lowest BCUT2D eigenvalue weighted by Gasteiger charge is -2.13. The summed E-state index contributed by atoms with van der Waals surface area (Å²) >= 11 is 0. The van der Waals surface area contributed by atoms with Crippen molar-refractivity contribution in [3.05, 3.63) is 95.3 Å². The van der Waals surface area contributed by atoms with Crippen LogP contribution in [0.15, 0.2) is 84.0 Å². The van der Waals surface area contributed by atoms with Crippen molar-refractivity contribution in [3.8, 4) is 28.5 Å². The van der Waals surface area contributed by atoms with E-state index in [-0.39, 0.29) is 5.69 Å². The lowest BCUT2D eigenvalue weighted by atomic mass is 10.1. The highest BCUT2D eigenvalue weighted by molar-refractivity contribution is 5.99. The van der Waals surface area contributed by atoms with Crippen LogP contribution in [0.4, 0.5) is 0 Å². The Morgan fingerprint density at radius 3 is 2.59 bits per heavy atom. The number of pyridine rings is 1. The summed E-state index contributed by atoms with van der Waals surface area (Å²) in [7, 11) is 3.28. The van der Waals surface area contributed by atoms with E-state index in [0.29, 0.717) is 27.9 Å². The third-order valence-electron chi connectivity index (χ3n) is 6.87. The maximum atomic E-state index is 12.3. The first-order valence-corrected chi connectivity index (χ1v) is 12.2. The van der Waals surface area contributed by atoms with Gasteiger partial charge in [-0.05, 0) is 48.5 Å². The number of carbonyl (C=O) groups is 1. The van der Waals surface area contributed by atoms with Gasteiger partial charge in [0, 0.05) is 23.7 Å². The zero-order valence-electron chi connectivity index (χ0n) is 21.0. The summed E-state index contributed by atoms with van der Waals surface area (Å²) < 4.78 is 8.88. The van der Waals surface area contributed by atoms with Crippen molar-refractivity contribution in [2.45, 2.75) is 0 Å². The Labute approximate surface area is 220 Å². The van der Waals surface area contributed by atoms with Gasteiger partial charge >= 0.3 is 11.7 Å². The summed E-state index contributed by atoms with van der Waals surface area (Å²) in [5, 5.41) is 0.921. The third kappa shape index (κ3) is 3.61. The number of ether oxygens (including phenoxy) is 1. The number of fused-ring (bicyclic) bond motifs is 3. The van der Waals surface area contributed by atoms with Crippen LogP contribution in [-0.2, 0) is 11.8 Å². The highest BCUT2D eigenvalue weighted by atomic mass is 16.5. The second-order valence-corrected chi connectivity index (χ2v) is 9.24. The molecule has 10 nitrogen and oxygen atoms in total. The summed E-state index contributed by atoms with van der Waals surface area (Å²) in [6.45, 7) is 0. The van der Waals surface area contributed by atoms with Crippen LogP contribution in [0.25, 0.3) is 61.4 Å². The molecule has 7 rings (SSSR count). The molecule has 39 heavy (non-hydrogen) atoms. The first kappa shape index (κ1) is 22.7. The zero-order valence-corrected chi connectivity index (χ0v) is 21.0. The van der Waals surface area contributed by atoms with Gasteiger partial charge in [-0.25, -0.2) is 24.5 Å². The number of nitrogens with one attached hydrogen (secondary N) is 2. The van der Waals surface area contributed by atoms with Crippen LogP contribution >= 0.6 is 0 Å². The van der Waals surface area contributed by atoms with E-state index in [4.69, 9.17) is 14.7 Å². The lowest BCUT2D eigenvalue weighted by molar-refractivity contribution is 0.0601. The largest absolute Gasteiger partial charge is 0.465 e. The van der Waals surface area contributed by atoms with Crippen molar-refractivity contribution in [1.29, 1.82) is 0 Å². The molecule has 0 atom stereocenters. The Morgan fingerprint density at radius 2 is 1.77 bits per heavy atom. The number of aromatic nitrogens is 7. The number of imidazole rings is 3. The average molecular weight is 516 g/mol. The molecule has 3 aromatic carbocycles. The number of H-pyrrole nitrogens is 2. The van der Waals surface area contributed by atoms with Gasteiger partial charge in [0.2, 0.25) is 0 Å². The zero-order chi connectivity index (χ0) is 26.7. The number of nitrogens with zero attached hydrogens (tertiary/aromatic N) is 5. The van der Waals surface area contributed by atoms with Crippen LogP contribution in [-0.4, -0.2) is 47.1 Å². The molecule has 0 aliphatic carbocycles. The maximum absolute atomic E-state index is 12.3. The predicted octanol–water partition coefficient (Wildman–Crippen LogP) is 4.60. The molecule has 0 bridgehead atoms. The van der Waals surface area contributed by atoms with Gasteiger partial charge in [-0.3, -0.25) is 4.57 Å². The average Bonchev–Trinajstić information content (AvgIpc) is 3.66. The molecular weight excluding hydrogens is 494 g/mol. The molecule has 4 heterocycles. The molecule has 0 aliphatic heterocycles. The molecule has 0 fully saturated rings. The number of benzene rings is 3. The molecule has 4 aromatic heterocycles. The van der Waals surface area contributed by atoms with Crippen molar-refractivity contribution in [2.24, 2.45) is 7.05 Å². The second-order valence-electron chi connectivity index (χ2n) is 9.24. The van der Waals surface area contributed by atoms with Crippen LogP contribution in [0.1, 0.15) is 10.4 Å². The Hall–Kier alpha value is -5.51. The summed E-state index contributed by atoms with van der Waals surface area (Å²) in [6.07, 6.45) is 3.52. The minimum Gasteiger partial charge on any atom is -0.465 e. The fraction of sp³-hybridized carbons (Fsp3) is 0.0690. The van der Waals surface area contributed by atoms with Crippen molar-refractivity contribution >= 4 is 38.9 Å². The molecule has 2 N–H and O–H groups in total. The van der Waals surface area contributed by atoms with Crippen molar-refractivity contribution in [1.82, 2.24) is 34.1 Å². The number of rotatable bonds is 4. The Bertz CT molecular complexity index is 2130. The topological polar surface area (TPSA) is 123 Å². The van der Waals surface area contributed by atoms with Crippen LogP contribution in [0.5, 0.6) is 0 Å². The molecular formula is C29H21N7O3. The number of hydrogen-bond acceptors (Lipinski definition) is 6. The number of aryl methyl sites for hydroxylation is 1. The molecule has 0 saturated carbocycles. The van der Waals surface area contributed by atoms with Gasteiger partial charge in [0.1, 0.15) is 5.82 Å². The molecule has 0 spiro atoms. The Kier molecular flexibility index (Phi) is 4.95. The van der Waals surface area contributed by atoms with Crippen LogP contribution in [0.2, 0.25) is 0 Å². The monoisotopic (exact) mass is 515 g/mol. The molecule has 190 valence electrons. The highest BCUT2D eigenvalue weighted by Gasteiger charge is 2.21. The van der Waals surface area contributed by atoms with Gasteiger partial charge in [0.15, 0.2) is 0 Å².